The summed E-state index contributed by atoms with van der Waals surface area (Å²) in [5.74, 6) is 1.02. The molecule has 0 fully saturated rings. The first-order valence-electron chi connectivity index (χ1n) is 43.7. The Kier molecular flexibility index (Phi) is 72.5. The molecule has 0 bridgehead atoms. The molecule has 3 N–H and O–H groups in total. The lowest BCUT2D eigenvalue weighted by molar-refractivity contribution is -0.161. The van der Waals surface area contributed by atoms with E-state index in [-0.39, 0.29) is 25.7 Å². The van der Waals surface area contributed by atoms with Crippen LogP contribution >= 0.6 is 15.6 Å². The molecule has 3 unspecified atom stereocenters. The standard InChI is InChI=1S/C85H166O17P2/c1-9-78(8)64-56-48-43-44-50-58-66-83(88)96-72-81(102-84(89)67-59-51-41-35-29-23-19-13-11-10-12-16-20-25-31-37-45-53-61-75(2)3)74-100-104(93,94)98-70-79(86)69-97-103(91,92)99-73-80(101-85(90)68-60-52-42-36-30-24-27-33-39-47-55-63-77(6)7)71-95-82(87)65-57-49-40-34-28-22-18-15-14-17-21-26-32-38-46-54-62-76(4)5/h75-81,86H,9-74H2,1-8H3,(H,91,92)(H,93,94)/t78?,79-,80-,81-/m1/s1. The van der Waals surface area contributed by atoms with Gasteiger partial charge in [0.05, 0.1) is 26.4 Å². The van der Waals surface area contributed by atoms with Crippen molar-refractivity contribution in [2.24, 2.45) is 23.7 Å². The minimum absolute atomic E-state index is 0.107. The van der Waals surface area contributed by atoms with E-state index in [4.69, 9.17) is 37.0 Å². The highest BCUT2D eigenvalue weighted by molar-refractivity contribution is 7.47. The summed E-state index contributed by atoms with van der Waals surface area (Å²) in [5, 5.41) is 10.7. The summed E-state index contributed by atoms with van der Waals surface area (Å²) in [5.41, 5.74) is 0. The monoisotopic (exact) mass is 1520 g/mol. The largest absolute Gasteiger partial charge is 0.472 e. The topological polar surface area (TPSA) is 237 Å². The second kappa shape index (κ2) is 73.8. The molecule has 0 aromatic heterocycles. The van der Waals surface area contributed by atoms with Gasteiger partial charge < -0.3 is 33.8 Å². The number of phosphoric ester groups is 2. The van der Waals surface area contributed by atoms with E-state index < -0.39 is 97.5 Å². The Morgan fingerprint density at radius 1 is 0.269 bits per heavy atom. The number of unbranched alkanes of at least 4 members (excludes halogenated alkanes) is 47. The first kappa shape index (κ1) is 102. The van der Waals surface area contributed by atoms with Crippen molar-refractivity contribution in [3.63, 3.8) is 0 Å². The Morgan fingerprint density at radius 2 is 0.462 bits per heavy atom. The first-order valence-corrected chi connectivity index (χ1v) is 46.7. The Morgan fingerprint density at radius 3 is 0.683 bits per heavy atom. The summed E-state index contributed by atoms with van der Waals surface area (Å²) in [6, 6.07) is 0. The molecule has 0 aliphatic rings. The Balaban J connectivity index is 5.20. The van der Waals surface area contributed by atoms with E-state index >= 15 is 0 Å². The van der Waals surface area contributed by atoms with Gasteiger partial charge in [0.1, 0.15) is 19.3 Å². The van der Waals surface area contributed by atoms with Gasteiger partial charge in [-0.25, -0.2) is 9.13 Å². The minimum atomic E-state index is -4.96. The Labute approximate surface area is 638 Å². The average Bonchev–Trinajstić information content (AvgIpc) is 0.909. The number of hydrogen-bond acceptors (Lipinski definition) is 15. The fraction of sp³-hybridized carbons (Fsp3) is 0.953. The maximum absolute atomic E-state index is 13.1. The van der Waals surface area contributed by atoms with Gasteiger partial charge in [-0.1, -0.05) is 389 Å². The van der Waals surface area contributed by atoms with Crippen LogP contribution in [0.4, 0.5) is 0 Å². The third-order valence-corrected chi connectivity index (χ3v) is 22.1. The Bertz CT molecular complexity index is 2030. The van der Waals surface area contributed by atoms with Gasteiger partial charge in [0, 0.05) is 25.7 Å². The van der Waals surface area contributed by atoms with Gasteiger partial charge in [-0.15, -0.1) is 0 Å². The predicted octanol–water partition coefficient (Wildman–Crippen LogP) is 25.6. The van der Waals surface area contributed by atoms with Crippen LogP contribution in [0.1, 0.15) is 441 Å². The van der Waals surface area contributed by atoms with Gasteiger partial charge in [-0.05, 0) is 49.4 Å². The molecule has 0 amide bonds. The molecule has 0 rings (SSSR count). The van der Waals surface area contributed by atoms with Crippen LogP contribution in [0.25, 0.3) is 0 Å². The fourth-order valence-electron chi connectivity index (χ4n) is 13.1. The highest BCUT2D eigenvalue weighted by atomic mass is 31.2. The van der Waals surface area contributed by atoms with Crippen molar-refractivity contribution in [1.29, 1.82) is 0 Å². The van der Waals surface area contributed by atoms with Crippen LogP contribution in [-0.4, -0.2) is 96.7 Å². The van der Waals surface area contributed by atoms with Crippen LogP contribution in [0.5, 0.6) is 0 Å². The summed E-state index contributed by atoms with van der Waals surface area (Å²) >= 11 is 0. The minimum Gasteiger partial charge on any atom is -0.462 e. The second-order valence-electron chi connectivity index (χ2n) is 32.2. The van der Waals surface area contributed by atoms with Gasteiger partial charge in [-0.2, -0.15) is 0 Å². The van der Waals surface area contributed by atoms with Crippen molar-refractivity contribution in [1.82, 2.24) is 0 Å². The van der Waals surface area contributed by atoms with Gasteiger partial charge in [0.2, 0.25) is 0 Å². The number of aliphatic hydroxyl groups is 1. The van der Waals surface area contributed by atoms with Crippen molar-refractivity contribution < 1.29 is 80.2 Å². The van der Waals surface area contributed by atoms with Crippen molar-refractivity contribution in [2.45, 2.75) is 459 Å². The second-order valence-corrected chi connectivity index (χ2v) is 35.2. The third-order valence-electron chi connectivity index (χ3n) is 20.2. The summed E-state index contributed by atoms with van der Waals surface area (Å²) in [6.07, 6.45) is 62.6. The molecule has 17 nitrogen and oxygen atoms in total. The maximum atomic E-state index is 13.1. The van der Waals surface area contributed by atoms with E-state index in [0.29, 0.717) is 25.7 Å². The van der Waals surface area contributed by atoms with Crippen LogP contribution < -0.4 is 0 Å². The zero-order valence-corrected chi connectivity index (χ0v) is 70.5. The zero-order valence-electron chi connectivity index (χ0n) is 68.7. The van der Waals surface area contributed by atoms with Gasteiger partial charge in [-0.3, -0.25) is 37.3 Å². The van der Waals surface area contributed by atoms with E-state index in [1.165, 1.54) is 238 Å². The molecule has 6 atom stereocenters. The van der Waals surface area contributed by atoms with Crippen molar-refractivity contribution in [2.75, 3.05) is 39.6 Å². The van der Waals surface area contributed by atoms with Crippen molar-refractivity contribution in [3.05, 3.63) is 0 Å². The molecule has 19 heteroatoms. The highest BCUT2D eigenvalue weighted by Crippen LogP contribution is 2.45. The summed E-state index contributed by atoms with van der Waals surface area (Å²) in [7, 11) is -9.93. The molecule has 0 saturated carbocycles. The Hall–Kier alpha value is -1.94. The van der Waals surface area contributed by atoms with E-state index in [2.05, 4.69) is 55.4 Å². The molecule has 0 saturated heterocycles. The quantitative estimate of drug-likeness (QED) is 0.0222. The summed E-state index contributed by atoms with van der Waals surface area (Å²) in [4.78, 5) is 73.2. The SMILES string of the molecule is CCC(C)CCCCCCCCC(=O)OC[C@H](COP(=O)(O)OC[C@H](O)COP(=O)(O)OC[C@@H](COC(=O)CCCCCCCCCCCCCCCCCCC(C)C)OC(=O)CCCCCCCCCCCCCC(C)C)OC(=O)CCCCCCCCCCCCCCCCCCCCC(C)C. The van der Waals surface area contributed by atoms with Gasteiger partial charge >= 0.3 is 39.5 Å². The van der Waals surface area contributed by atoms with Crippen molar-refractivity contribution in [3.8, 4) is 0 Å². The number of phosphoric acid groups is 2. The van der Waals surface area contributed by atoms with E-state index in [1.54, 1.807) is 0 Å². The third kappa shape index (κ3) is 76.8. The van der Waals surface area contributed by atoms with Crippen LogP contribution in [0.2, 0.25) is 0 Å². The smallest absolute Gasteiger partial charge is 0.462 e. The first-order chi connectivity index (χ1) is 50.1. The summed E-state index contributed by atoms with van der Waals surface area (Å²) in [6.45, 7) is 14.3. The van der Waals surface area contributed by atoms with E-state index in [0.717, 1.165) is 120 Å². The molecule has 0 aromatic rings. The molecule has 0 spiro atoms. The highest BCUT2D eigenvalue weighted by Gasteiger charge is 2.30. The molecular formula is C85H166O17P2. The van der Waals surface area contributed by atoms with E-state index in [1.807, 2.05) is 0 Å². The molecule has 104 heavy (non-hydrogen) atoms. The molecule has 0 aliphatic carbocycles. The van der Waals surface area contributed by atoms with Gasteiger partial charge in [0.15, 0.2) is 12.2 Å². The number of carbonyl (C=O) groups is 4. The fourth-order valence-corrected chi connectivity index (χ4v) is 14.7. The lowest BCUT2D eigenvalue weighted by Crippen LogP contribution is -2.30. The lowest BCUT2D eigenvalue weighted by atomic mass is 10.00. The molecule has 0 radical (unpaired) electrons. The van der Waals surface area contributed by atoms with Crippen LogP contribution in [0.3, 0.4) is 0 Å². The van der Waals surface area contributed by atoms with Gasteiger partial charge in [0.25, 0.3) is 0 Å². The number of aliphatic hydroxyl groups excluding tert-OH is 1. The van der Waals surface area contributed by atoms with Crippen molar-refractivity contribution >= 4 is 39.5 Å². The molecule has 618 valence electrons. The normalized spacial score (nSPS) is 14.2. The molecule has 0 aromatic carbocycles. The number of ether oxygens (including phenoxy) is 4. The maximum Gasteiger partial charge on any atom is 0.472 e. The number of carbonyl (C=O) groups excluding carboxylic acids is 4. The molecule has 0 aliphatic heterocycles. The number of hydrogen-bond donors (Lipinski definition) is 3. The lowest BCUT2D eigenvalue weighted by Gasteiger charge is -2.21. The van der Waals surface area contributed by atoms with E-state index in [9.17, 15) is 43.2 Å². The van der Waals surface area contributed by atoms with Crippen LogP contribution in [0, 0.1) is 23.7 Å². The zero-order chi connectivity index (χ0) is 76.7. The van der Waals surface area contributed by atoms with Crippen LogP contribution in [0.15, 0.2) is 0 Å². The predicted molar refractivity (Wildman–Crippen MR) is 428 cm³/mol. The number of rotatable bonds is 82. The number of esters is 4. The summed E-state index contributed by atoms with van der Waals surface area (Å²) < 4.78 is 68.8. The molecule has 0 heterocycles. The average molecular weight is 1520 g/mol. The molecular weight excluding hydrogens is 1350 g/mol. The van der Waals surface area contributed by atoms with Crippen LogP contribution in [-0.2, 0) is 65.4 Å².